The lowest BCUT2D eigenvalue weighted by Gasteiger charge is -2.18. The van der Waals surface area contributed by atoms with Gasteiger partial charge in [0.1, 0.15) is 5.60 Å². The molecule has 0 radical (unpaired) electrons. The van der Waals surface area contributed by atoms with Crippen LogP contribution in [0.2, 0.25) is 5.02 Å². The number of amides is 1. The lowest BCUT2D eigenvalue weighted by Crippen LogP contribution is -2.24. The van der Waals surface area contributed by atoms with Crippen LogP contribution in [-0.4, -0.2) is 28.2 Å². The van der Waals surface area contributed by atoms with E-state index in [1.54, 1.807) is 45.0 Å². The van der Waals surface area contributed by atoms with Crippen molar-refractivity contribution in [1.29, 1.82) is 0 Å². The Bertz CT molecular complexity index is 617. The summed E-state index contributed by atoms with van der Waals surface area (Å²) in [4.78, 5) is 11.8. The van der Waals surface area contributed by atoms with Gasteiger partial charge in [0.05, 0.1) is 15.5 Å². The monoisotopic (exact) mass is 332 g/mol. The molecule has 5 nitrogen and oxygen atoms in total. The van der Waals surface area contributed by atoms with E-state index < -0.39 is 21.4 Å². The Morgan fingerprint density at radius 3 is 2.62 bits per heavy atom. The number of hydrogen-bond donors (Lipinski definition) is 1. The molecule has 0 spiro atoms. The minimum absolute atomic E-state index is 0.115. The van der Waals surface area contributed by atoms with Gasteiger partial charge in [0.25, 0.3) is 0 Å². The zero-order valence-corrected chi connectivity index (χ0v) is 14.0. The van der Waals surface area contributed by atoms with Gasteiger partial charge in [-0.15, -0.1) is 4.36 Å². The number of hydrogen-bond acceptors (Lipinski definition) is 4. The molecule has 1 atom stereocenters. The number of carbonyl (C=O) groups is 1. The van der Waals surface area contributed by atoms with E-state index >= 15 is 0 Å². The second-order valence-corrected chi connectivity index (χ2v) is 8.47. The van der Waals surface area contributed by atoms with Crippen molar-refractivity contribution >= 4 is 27.4 Å². The molecule has 1 amide bonds. The molecule has 0 aliphatic heterocycles. The first-order chi connectivity index (χ1) is 9.63. The molecule has 0 saturated carbocycles. The molecule has 0 saturated heterocycles. The zero-order chi connectivity index (χ0) is 16.1. The minimum Gasteiger partial charge on any atom is -0.442 e. The molecule has 1 aromatic rings. The SMILES string of the molecule is CC(C)(C)OC(=O)N=S(=O)(CCN)Cc1cccc(Cl)c1. The van der Waals surface area contributed by atoms with Crippen LogP contribution in [0.3, 0.4) is 0 Å². The fourth-order valence-corrected chi connectivity index (χ4v) is 3.53. The number of nitrogens with zero attached hydrogens (tertiary/aromatic N) is 1. The molecule has 0 fully saturated rings. The summed E-state index contributed by atoms with van der Waals surface area (Å²) in [5, 5.41) is 0.541. The maximum Gasteiger partial charge on any atom is 0.442 e. The van der Waals surface area contributed by atoms with Crippen molar-refractivity contribution < 1.29 is 13.7 Å². The second kappa shape index (κ2) is 7.24. The average Bonchev–Trinajstić information content (AvgIpc) is 2.25. The van der Waals surface area contributed by atoms with E-state index in [2.05, 4.69) is 4.36 Å². The van der Waals surface area contributed by atoms with Gasteiger partial charge in [0.15, 0.2) is 0 Å². The van der Waals surface area contributed by atoms with Crippen LogP contribution < -0.4 is 5.73 Å². The van der Waals surface area contributed by atoms with E-state index in [1.165, 1.54) is 0 Å². The largest absolute Gasteiger partial charge is 0.442 e. The third kappa shape index (κ3) is 6.93. The quantitative estimate of drug-likeness (QED) is 0.917. The maximum absolute atomic E-state index is 12.8. The molecule has 0 aromatic heterocycles. The Kier molecular flexibility index (Phi) is 6.19. The summed E-state index contributed by atoms with van der Waals surface area (Å²) in [7, 11) is -2.81. The summed E-state index contributed by atoms with van der Waals surface area (Å²) in [6.07, 6.45) is -0.831. The van der Waals surface area contributed by atoms with Gasteiger partial charge in [-0.1, -0.05) is 23.7 Å². The predicted octanol–water partition coefficient (Wildman–Crippen LogP) is 3.20. The van der Waals surface area contributed by atoms with Gasteiger partial charge in [-0.2, -0.15) is 0 Å². The molecule has 1 rings (SSSR count). The van der Waals surface area contributed by atoms with Crippen LogP contribution in [-0.2, 0) is 20.2 Å². The van der Waals surface area contributed by atoms with Crippen molar-refractivity contribution in [3.05, 3.63) is 34.9 Å². The molecule has 1 unspecified atom stereocenters. The van der Waals surface area contributed by atoms with Gasteiger partial charge >= 0.3 is 6.09 Å². The molecule has 0 bridgehead atoms. The van der Waals surface area contributed by atoms with Crippen LogP contribution in [0.25, 0.3) is 0 Å². The summed E-state index contributed by atoms with van der Waals surface area (Å²) >= 11 is 5.90. The molecule has 2 N–H and O–H groups in total. The first kappa shape index (κ1) is 17.9. The van der Waals surface area contributed by atoms with Crippen LogP contribution in [0.4, 0.5) is 4.79 Å². The molecule has 0 aliphatic rings. The van der Waals surface area contributed by atoms with E-state index in [0.29, 0.717) is 5.02 Å². The van der Waals surface area contributed by atoms with Crippen molar-refractivity contribution in [1.82, 2.24) is 0 Å². The van der Waals surface area contributed by atoms with E-state index in [0.717, 1.165) is 5.56 Å². The highest BCUT2D eigenvalue weighted by atomic mass is 35.5. The summed E-state index contributed by atoms with van der Waals surface area (Å²) in [6.45, 7) is 5.35. The maximum atomic E-state index is 12.8. The number of rotatable bonds is 4. The van der Waals surface area contributed by atoms with Gasteiger partial charge in [-0.05, 0) is 38.5 Å². The summed E-state index contributed by atoms with van der Waals surface area (Å²) in [6, 6.07) is 6.96. The van der Waals surface area contributed by atoms with Crippen LogP contribution >= 0.6 is 11.6 Å². The Morgan fingerprint density at radius 2 is 2.10 bits per heavy atom. The number of carbonyl (C=O) groups excluding carboxylic acids is 1. The minimum atomic E-state index is -2.81. The molecule has 0 aliphatic carbocycles. The molecule has 21 heavy (non-hydrogen) atoms. The summed E-state index contributed by atoms with van der Waals surface area (Å²) in [5.41, 5.74) is 5.55. The van der Waals surface area contributed by atoms with Gasteiger partial charge < -0.3 is 10.5 Å². The molecular weight excluding hydrogens is 312 g/mol. The molecule has 118 valence electrons. The normalized spacial score (nSPS) is 14.3. The van der Waals surface area contributed by atoms with E-state index in [4.69, 9.17) is 22.1 Å². The second-order valence-electron chi connectivity index (χ2n) is 5.61. The number of ether oxygens (including phenoxy) is 1. The van der Waals surface area contributed by atoms with Crippen molar-refractivity contribution in [2.75, 3.05) is 12.3 Å². The molecule has 1 aromatic carbocycles. The smallest absolute Gasteiger partial charge is 0.442 e. The topological polar surface area (TPSA) is 81.8 Å². The highest BCUT2D eigenvalue weighted by Crippen LogP contribution is 2.16. The van der Waals surface area contributed by atoms with Crippen LogP contribution in [0, 0.1) is 0 Å². The number of benzene rings is 1. The average molecular weight is 333 g/mol. The van der Waals surface area contributed by atoms with E-state index in [1.807, 2.05) is 0 Å². The van der Waals surface area contributed by atoms with Crippen LogP contribution in [0.5, 0.6) is 0 Å². The van der Waals surface area contributed by atoms with E-state index in [-0.39, 0.29) is 18.1 Å². The third-order valence-electron chi connectivity index (χ3n) is 2.35. The molecule has 0 heterocycles. The van der Waals surface area contributed by atoms with Crippen LogP contribution in [0.1, 0.15) is 26.3 Å². The van der Waals surface area contributed by atoms with Gasteiger partial charge in [-0.3, -0.25) is 0 Å². The Hall–Kier alpha value is -1.11. The zero-order valence-electron chi connectivity index (χ0n) is 12.5. The molecule has 7 heteroatoms. The van der Waals surface area contributed by atoms with Gasteiger partial charge in [0.2, 0.25) is 0 Å². The highest BCUT2D eigenvalue weighted by Gasteiger charge is 2.19. The fourth-order valence-electron chi connectivity index (χ4n) is 1.64. The molecular formula is C14H21ClN2O3S. The highest BCUT2D eigenvalue weighted by molar-refractivity contribution is 7.93. The Balaban J connectivity index is 3.02. The predicted molar refractivity (Wildman–Crippen MR) is 85.9 cm³/mol. The van der Waals surface area contributed by atoms with Crippen molar-refractivity contribution in [2.24, 2.45) is 10.1 Å². The van der Waals surface area contributed by atoms with Crippen molar-refractivity contribution in [3.8, 4) is 0 Å². The van der Waals surface area contributed by atoms with Crippen molar-refractivity contribution in [2.45, 2.75) is 32.1 Å². The van der Waals surface area contributed by atoms with Crippen molar-refractivity contribution in [3.63, 3.8) is 0 Å². The lowest BCUT2D eigenvalue weighted by molar-refractivity contribution is 0.0607. The Labute approximate surface area is 131 Å². The van der Waals surface area contributed by atoms with Gasteiger partial charge in [-0.25, -0.2) is 9.00 Å². The lowest BCUT2D eigenvalue weighted by atomic mass is 10.2. The van der Waals surface area contributed by atoms with Crippen LogP contribution in [0.15, 0.2) is 28.6 Å². The summed E-state index contributed by atoms with van der Waals surface area (Å²) < 4.78 is 21.6. The Morgan fingerprint density at radius 1 is 1.43 bits per heavy atom. The number of halogens is 1. The fraction of sp³-hybridized carbons (Fsp3) is 0.500. The summed E-state index contributed by atoms with van der Waals surface area (Å²) in [5.74, 6) is 0.239. The first-order valence-corrected chi connectivity index (χ1v) is 8.77. The third-order valence-corrected chi connectivity index (χ3v) is 4.73. The standard InChI is InChI=1S/C14H21ClN2O3S/c1-14(2,3)20-13(18)17-21(19,8-7-16)10-11-5-4-6-12(15)9-11/h4-6,9H,7-8,10,16H2,1-3H3. The van der Waals surface area contributed by atoms with E-state index in [9.17, 15) is 9.00 Å². The number of nitrogens with two attached hydrogens (primary N) is 1. The van der Waals surface area contributed by atoms with Gasteiger partial charge in [0, 0.05) is 17.3 Å². The first-order valence-electron chi connectivity index (χ1n) is 6.53.